The molecule has 1 aromatic carbocycles. The lowest BCUT2D eigenvalue weighted by atomic mass is 10.1. The van der Waals surface area contributed by atoms with E-state index in [1.165, 1.54) is 12.1 Å². The van der Waals surface area contributed by atoms with Crippen LogP contribution < -0.4 is 5.73 Å². The third-order valence-electron chi connectivity index (χ3n) is 2.63. The summed E-state index contributed by atoms with van der Waals surface area (Å²) in [6, 6.07) is 6.55. The van der Waals surface area contributed by atoms with Crippen LogP contribution in [0.2, 0.25) is 5.02 Å². The Hall–Kier alpha value is -1.46. The molecule has 2 nitrogen and oxygen atoms in total. The number of alkyl halides is 3. The Morgan fingerprint density at radius 1 is 1.21 bits per heavy atom. The molecule has 0 aliphatic carbocycles. The van der Waals surface area contributed by atoms with Gasteiger partial charge in [0.15, 0.2) is 0 Å². The first kappa shape index (κ1) is 14.0. The molecule has 1 unspecified atom stereocenters. The van der Waals surface area contributed by atoms with Crippen molar-refractivity contribution in [2.75, 3.05) is 0 Å². The maximum atomic E-state index is 12.7. The summed E-state index contributed by atoms with van der Waals surface area (Å²) in [5, 5.41) is -0.338. The van der Waals surface area contributed by atoms with Gasteiger partial charge >= 0.3 is 6.18 Å². The molecule has 0 aliphatic rings. The minimum Gasteiger partial charge on any atom is -0.459 e. The molecule has 0 aliphatic heterocycles. The number of furan rings is 1. The van der Waals surface area contributed by atoms with E-state index in [1.54, 1.807) is 19.1 Å². The van der Waals surface area contributed by atoms with Crippen LogP contribution in [0.3, 0.4) is 0 Å². The van der Waals surface area contributed by atoms with Gasteiger partial charge in [-0.05, 0) is 37.3 Å². The number of rotatable bonds is 2. The number of halogens is 4. The molecule has 0 amide bonds. The summed E-state index contributed by atoms with van der Waals surface area (Å²) in [5.41, 5.74) is 5.06. The van der Waals surface area contributed by atoms with Gasteiger partial charge in [-0.1, -0.05) is 11.6 Å². The topological polar surface area (TPSA) is 39.2 Å². The second-order valence-corrected chi connectivity index (χ2v) is 4.59. The second kappa shape index (κ2) is 4.90. The van der Waals surface area contributed by atoms with Crippen LogP contribution in [-0.4, -0.2) is 0 Å². The molecular formula is C13H11ClF3NO. The Morgan fingerprint density at radius 3 is 2.42 bits per heavy atom. The van der Waals surface area contributed by atoms with Crippen molar-refractivity contribution < 1.29 is 17.6 Å². The highest BCUT2D eigenvalue weighted by atomic mass is 35.5. The van der Waals surface area contributed by atoms with E-state index in [0.29, 0.717) is 17.1 Å². The van der Waals surface area contributed by atoms with Gasteiger partial charge in [0.2, 0.25) is 0 Å². The van der Waals surface area contributed by atoms with Crippen LogP contribution in [-0.2, 0) is 6.18 Å². The van der Waals surface area contributed by atoms with Crippen LogP contribution in [0.15, 0.2) is 34.7 Å². The summed E-state index contributed by atoms with van der Waals surface area (Å²) >= 11 is 5.55. The van der Waals surface area contributed by atoms with E-state index < -0.39 is 11.7 Å². The maximum absolute atomic E-state index is 12.7. The quantitative estimate of drug-likeness (QED) is 0.875. The van der Waals surface area contributed by atoms with Crippen molar-refractivity contribution in [1.82, 2.24) is 0 Å². The van der Waals surface area contributed by atoms with Gasteiger partial charge in [-0.3, -0.25) is 0 Å². The van der Waals surface area contributed by atoms with Crippen molar-refractivity contribution in [3.05, 3.63) is 46.7 Å². The van der Waals surface area contributed by atoms with E-state index in [2.05, 4.69) is 0 Å². The van der Waals surface area contributed by atoms with Crippen molar-refractivity contribution in [2.45, 2.75) is 19.1 Å². The lowest BCUT2D eigenvalue weighted by Gasteiger charge is -2.10. The van der Waals surface area contributed by atoms with E-state index in [0.717, 1.165) is 6.07 Å². The highest BCUT2D eigenvalue weighted by Crippen LogP contribution is 2.37. The van der Waals surface area contributed by atoms with Crippen LogP contribution in [0.1, 0.15) is 24.3 Å². The molecule has 2 N–H and O–H groups in total. The first-order valence-electron chi connectivity index (χ1n) is 5.51. The van der Waals surface area contributed by atoms with Crippen LogP contribution >= 0.6 is 11.6 Å². The van der Waals surface area contributed by atoms with Crippen LogP contribution in [0.4, 0.5) is 13.2 Å². The Morgan fingerprint density at radius 2 is 1.89 bits per heavy atom. The SMILES string of the molecule is CC(N)c1ccc(-c2ccc(Cl)c(C(F)(F)F)c2)o1. The average Bonchev–Trinajstić information content (AvgIpc) is 2.77. The molecule has 6 heteroatoms. The number of benzene rings is 1. The predicted molar refractivity (Wildman–Crippen MR) is 66.8 cm³/mol. The van der Waals surface area contributed by atoms with E-state index in [-0.39, 0.29) is 11.1 Å². The highest BCUT2D eigenvalue weighted by Gasteiger charge is 2.33. The number of hydrogen-bond donors (Lipinski definition) is 1. The summed E-state index contributed by atoms with van der Waals surface area (Å²) in [6.07, 6.45) is -4.50. The Bertz CT molecular complexity index is 590. The van der Waals surface area contributed by atoms with E-state index in [4.69, 9.17) is 21.8 Å². The molecular weight excluding hydrogens is 279 g/mol. The first-order valence-corrected chi connectivity index (χ1v) is 5.89. The third-order valence-corrected chi connectivity index (χ3v) is 2.96. The smallest absolute Gasteiger partial charge is 0.417 e. The minimum atomic E-state index is -4.50. The van der Waals surface area contributed by atoms with Crippen LogP contribution in [0.5, 0.6) is 0 Å². The fraction of sp³-hybridized carbons (Fsp3) is 0.231. The lowest BCUT2D eigenvalue weighted by Crippen LogP contribution is -2.05. The monoisotopic (exact) mass is 289 g/mol. The molecule has 19 heavy (non-hydrogen) atoms. The van der Waals surface area contributed by atoms with Gasteiger partial charge in [0.05, 0.1) is 16.6 Å². The third kappa shape index (κ3) is 2.93. The summed E-state index contributed by atoms with van der Waals surface area (Å²) in [4.78, 5) is 0. The molecule has 1 aromatic heterocycles. The van der Waals surface area contributed by atoms with E-state index in [9.17, 15) is 13.2 Å². The van der Waals surface area contributed by atoms with Crippen LogP contribution in [0.25, 0.3) is 11.3 Å². The molecule has 1 atom stereocenters. The van der Waals surface area contributed by atoms with Gasteiger partial charge in [-0.25, -0.2) is 0 Å². The van der Waals surface area contributed by atoms with Crippen molar-refractivity contribution in [2.24, 2.45) is 5.73 Å². The minimum absolute atomic E-state index is 0.309. The zero-order valence-corrected chi connectivity index (χ0v) is 10.7. The van der Waals surface area contributed by atoms with Gasteiger partial charge in [0.25, 0.3) is 0 Å². The van der Waals surface area contributed by atoms with Crippen molar-refractivity contribution in [1.29, 1.82) is 0 Å². The van der Waals surface area contributed by atoms with Crippen molar-refractivity contribution in [3.63, 3.8) is 0 Å². The molecule has 0 saturated heterocycles. The normalized spacial score (nSPS) is 13.6. The van der Waals surface area contributed by atoms with Gasteiger partial charge < -0.3 is 10.2 Å². The molecule has 0 spiro atoms. The van der Waals surface area contributed by atoms with Crippen molar-refractivity contribution in [3.8, 4) is 11.3 Å². The summed E-state index contributed by atoms with van der Waals surface area (Å²) in [7, 11) is 0. The largest absolute Gasteiger partial charge is 0.459 e. The average molecular weight is 290 g/mol. The van der Waals surface area contributed by atoms with Crippen molar-refractivity contribution >= 4 is 11.6 Å². The first-order chi connectivity index (χ1) is 8.79. The van der Waals surface area contributed by atoms with E-state index in [1.807, 2.05) is 0 Å². The summed E-state index contributed by atoms with van der Waals surface area (Å²) in [5.74, 6) is 0.841. The fourth-order valence-corrected chi connectivity index (χ4v) is 1.87. The Labute approximate surface area is 113 Å². The maximum Gasteiger partial charge on any atom is 0.417 e. The van der Waals surface area contributed by atoms with E-state index >= 15 is 0 Å². The van der Waals surface area contributed by atoms with Gasteiger partial charge in [0.1, 0.15) is 11.5 Å². The lowest BCUT2D eigenvalue weighted by molar-refractivity contribution is -0.137. The summed E-state index contributed by atoms with van der Waals surface area (Å²) < 4.78 is 43.6. The van der Waals surface area contributed by atoms with Gasteiger partial charge in [-0.15, -0.1) is 0 Å². The molecule has 0 fully saturated rings. The molecule has 2 rings (SSSR count). The molecule has 102 valence electrons. The van der Waals surface area contributed by atoms with Gasteiger partial charge in [0, 0.05) is 5.56 Å². The number of nitrogens with two attached hydrogens (primary N) is 1. The zero-order valence-electron chi connectivity index (χ0n) is 9.96. The molecule has 0 radical (unpaired) electrons. The highest BCUT2D eigenvalue weighted by molar-refractivity contribution is 6.31. The van der Waals surface area contributed by atoms with Crippen LogP contribution in [0, 0.1) is 0 Å². The Balaban J connectivity index is 2.45. The molecule has 2 aromatic rings. The Kier molecular flexibility index (Phi) is 3.60. The standard InChI is InChI=1S/C13H11ClF3NO/c1-7(18)11-4-5-12(19-11)8-2-3-10(14)9(6-8)13(15,16)17/h2-7H,18H2,1H3. The molecule has 0 saturated carbocycles. The zero-order chi connectivity index (χ0) is 14.2. The summed E-state index contributed by atoms with van der Waals surface area (Å²) in [6.45, 7) is 1.73. The predicted octanol–water partition coefficient (Wildman–Crippen LogP) is 4.64. The molecule has 0 bridgehead atoms. The second-order valence-electron chi connectivity index (χ2n) is 4.18. The van der Waals surface area contributed by atoms with Gasteiger partial charge in [-0.2, -0.15) is 13.2 Å². The fourth-order valence-electron chi connectivity index (χ4n) is 1.65. The number of hydrogen-bond acceptors (Lipinski definition) is 2. The molecule has 1 heterocycles.